The molecule has 0 saturated heterocycles. The van der Waals surface area contributed by atoms with Gasteiger partial charge >= 0.3 is 0 Å². The summed E-state index contributed by atoms with van der Waals surface area (Å²) < 4.78 is 0. The minimum absolute atomic E-state index is 0.733. The normalized spacial score (nSPS) is 11.8. The molecule has 0 aromatic rings. The molecule has 0 radical (unpaired) electrons. The van der Waals surface area contributed by atoms with Crippen LogP contribution in [0.2, 0.25) is 0 Å². The Morgan fingerprint density at radius 2 is 2.00 bits per heavy atom. The summed E-state index contributed by atoms with van der Waals surface area (Å²) in [5.74, 6) is 0. The van der Waals surface area contributed by atoms with Crippen molar-refractivity contribution in [3.05, 3.63) is 23.8 Å². The van der Waals surface area contributed by atoms with Crippen LogP contribution in [0.1, 0.15) is 46.0 Å². The SMILES string of the molecule is C=C(CCN)CC/C=C(/C)CCC. The van der Waals surface area contributed by atoms with Gasteiger partial charge in [-0.2, -0.15) is 0 Å². The van der Waals surface area contributed by atoms with E-state index in [0.717, 1.165) is 25.8 Å². The van der Waals surface area contributed by atoms with E-state index < -0.39 is 0 Å². The second kappa shape index (κ2) is 8.06. The maximum atomic E-state index is 5.43. The maximum absolute atomic E-state index is 5.43. The van der Waals surface area contributed by atoms with Crippen LogP contribution >= 0.6 is 0 Å². The summed E-state index contributed by atoms with van der Waals surface area (Å²) in [5, 5.41) is 0. The minimum Gasteiger partial charge on any atom is -0.330 e. The van der Waals surface area contributed by atoms with E-state index in [1.165, 1.54) is 24.0 Å². The smallest absolute Gasteiger partial charge is 0.00400 e. The first-order valence-corrected chi connectivity index (χ1v) is 5.23. The lowest BCUT2D eigenvalue weighted by Crippen LogP contribution is -1.99. The highest BCUT2D eigenvalue weighted by atomic mass is 14.5. The summed E-state index contributed by atoms with van der Waals surface area (Å²) in [4.78, 5) is 0. The zero-order chi connectivity index (χ0) is 10.1. The molecule has 0 aromatic carbocycles. The van der Waals surface area contributed by atoms with Gasteiger partial charge in [0, 0.05) is 0 Å². The van der Waals surface area contributed by atoms with E-state index in [2.05, 4.69) is 26.5 Å². The van der Waals surface area contributed by atoms with E-state index in [1.807, 2.05) is 0 Å². The van der Waals surface area contributed by atoms with Crippen molar-refractivity contribution in [3.8, 4) is 0 Å². The van der Waals surface area contributed by atoms with Gasteiger partial charge in [0.2, 0.25) is 0 Å². The van der Waals surface area contributed by atoms with Crippen molar-refractivity contribution in [1.29, 1.82) is 0 Å². The molecule has 0 fully saturated rings. The number of hydrogen-bond donors (Lipinski definition) is 1. The van der Waals surface area contributed by atoms with Crippen LogP contribution in [0.15, 0.2) is 23.8 Å². The predicted molar refractivity (Wildman–Crippen MR) is 60.7 cm³/mol. The second-order valence-electron chi connectivity index (χ2n) is 3.63. The van der Waals surface area contributed by atoms with Crippen molar-refractivity contribution in [3.63, 3.8) is 0 Å². The van der Waals surface area contributed by atoms with Crippen molar-refractivity contribution in [2.75, 3.05) is 6.54 Å². The molecule has 1 heteroatoms. The Balaban J connectivity index is 3.53. The molecule has 13 heavy (non-hydrogen) atoms. The molecule has 0 heterocycles. The zero-order valence-electron chi connectivity index (χ0n) is 9.10. The fourth-order valence-corrected chi connectivity index (χ4v) is 1.35. The van der Waals surface area contributed by atoms with Crippen LogP contribution < -0.4 is 5.73 Å². The quantitative estimate of drug-likeness (QED) is 0.598. The van der Waals surface area contributed by atoms with Crippen molar-refractivity contribution >= 4 is 0 Å². The highest BCUT2D eigenvalue weighted by Gasteiger charge is 1.92. The average Bonchev–Trinajstić information content (AvgIpc) is 2.05. The third-order valence-electron chi connectivity index (χ3n) is 2.13. The van der Waals surface area contributed by atoms with Gasteiger partial charge in [-0.05, 0) is 39.2 Å². The number of hydrogen-bond acceptors (Lipinski definition) is 1. The van der Waals surface area contributed by atoms with Crippen LogP contribution in [-0.2, 0) is 0 Å². The van der Waals surface area contributed by atoms with Gasteiger partial charge in [0.25, 0.3) is 0 Å². The van der Waals surface area contributed by atoms with Gasteiger partial charge in [-0.25, -0.2) is 0 Å². The van der Waals surface area contributed by atoms with Gasteiger partial charge in [0.15, 0.2) is 0 Å². The van der Waals surface area contributed by atoms with Crippen LogP contribution in [-0.4, -0.2) is 6.54 Å². The zero-order valence-corrected chi connectivity index (χ0v) is 9.10. The topological polar surface area (TPSA) is 26.0 Å². The summed E-state index contributed by atoms with van der Waals surface area (Å²) in [6, 6.07) is 0. The second-order valence-corrected chi connectivity index (χ2v) is 3.63. The Bertz CT molecular complexity index is 168. The number of rotatable bonds is 7. The first-order chi connectivity index (χ1) is 6.20. The Morgan fingerprint density at radius 1 is 1.31 bits per heavy atom. The van der Waals surface area contributed by atoms with Crippen molar-refractivity contribution in [2.45, 2.75) is 46.0 Å². The fourth-order valence-electron chi connectivity index (χ4n) is 1.35. The average molecular weight is 181 g/mol. The molecule has 1 nitrogen and oxygen atoms in total. The number of nitrogens with two attached hydrogens (primary N) is 1. The lowest BCUT2D eigenvalue weighted by atomic mass is 10.1. The van der Waals surface area contributed by atoms with E-state index in [9.17, 15) is 0 Å². The maximum Gasteiger partial charge on any atom is -0.00400 e. The molecule has 0 aliphatic rings. The van der Waals surface area contributed by atoms with E-state index in [-0.39, 0.29) is 0 Å². The molecular weight excluding hydrogens is 158 g/mol. The van der Waals surface area contributed by atoms with Crippen molar-refractivity contribution in [2.24, 2.45) is 5.73 Å². The molecule has 76 valence electrons. The van der Waals surface area contributed by atoms with Crippen LogP contribution in [0.4, 0.5) is 0 Å². The first kappa shape index (κ1) is 12.4. The minimum atomic E-state index is 0.733. The lowest BCUT2D eigenvalue weighted by Gasteiger charge is -2.02. The Morgan fingerprint density at radius 3 is 2.54 bits per heavy atom. The van der Waals surface area contributed by atoms with E-state index in [0.29, 0.717) is 0 Å². The molecular formula is C12H23N. The van der Waals surface area contributed by atoms with E-state index >= 15 is 0 Å². The molecule has 0 rings (SSSR count). The summed E-state index contributed by atoms with van der Waals surface area (Å²) in [5.41, 5.74) is 8.22. The molecule has 0 amide bonds. The Kier molecular flexibility index (Phi) is 7.71. The van der Waals surface area contributed by atoms with Crippen LogP contribution in [0.25, 0.3) is 0 Å². The molecule has 0 aliphatic carbocycles. The van der Waals surface area contributed by atoms with Gasteiger partial charge in [-0.3, -0.25) is 0 Å². The standard InChI is InChI=1S/C12H23N/c1-4-6-11(2)7-5-8-12(3)9-10-13/h7H,3-6,8-10,13H2,1-2H3/b11-7-. The van der Waals surface area contributed by atoms with Gasteiger partial charge in [0.05, 0.1) is 0 Å². The summed E-state index contributed by atoms with van der Waals surface area (Å²) in [7, 11) is 0. The third kappa shape index (κ3) is 7.79. The summed E-state index contributed by atoms with van der Waals surface area (Å²) >= 11 is 0. The van der Waals surface area contributed by atoms with Crippen molar-refractivity contribution < 1.29 is 0 Å². The molecule has 0 spiro atoms. The first-order valence-electron chi connectivity index (χ1n) is 5.23. The van der Waals surface area contributed by atoms with Gasteiger partial charge in [-0.15, -0.1) is 0 Å². The predicted octanol–water partition coefficient (Wildman–Crippen LogP) is 3.42. The number of allylic oxidation sites excluding steroid dienone is 2. The van der Waals surface area contributed by atoms with Crippen LogP contribution in [0.5, 0.6) is 0 Å². The van der Waals surface area contributed by atoms with E-state index in [1.54, 1.807) is 0 Å². The molecule has 0 aromatic heterocycles. The molecule has 0 bridgehead atoms. The van der Waals surface area contributed by atoms with Gasteiger partial charge < -0.3 is 5.73 Å². The van der Waals surface area contributed by atoms with Gasteiger partial charge in [-0.1, -0.05) is 37.1 Å². The summed E-state index contributed by atoms with van der Waals surface area (Å²) in [6.07, 6.45) is 7.99. The van der Waals surface area contributed by atoms with Crippen molar-refractivity contribution in [1.82, 2.24) is 0 Å². The largest absolute Gasteiger partial charge is 0.330 e. The molecule has 2 N–H and O–H groups in total. The van der Waals surface area contributed by atoms with Crippen LogP contribution in [0.3, 0.4) is 0 Å². The molecule has 0 unspecified atom stereocenters. The van der Waals surface area contributed by atoms with Crippen LogP contribution in [0, 0.1) is 0 Å². The highest BCUT2D eigenvalue weighted by Crippen LogP contribution is 2.10. The van der Waals surface area contributed by atoms with E-state index in [4.69, 9.17) is 5.73 Å². The molecule has 0 atom stereocenters. The van der Waals surface area contributed by atoms with Gasteiger partial charge in [0.1, 0.15) is 0 Å². The molecule has 0 saturated carbocycles. The Hall–Kier alpha value is -0.560. The monoisotopic (exact) mass is 181 g/mol. The molecule has 0 aliphatic heterocycles. The summed E-state index contributed by atoms with van der Waals surface area (Å²) in [6.45, 7) is 9.13. The third-order valence-corrected chi connectivity index (χ3v) is 2.13. The lowest BCUT2D eigenvalue weighted by molar-refractivity contribution is 0.844. The Labute approximate surface area is 82.7 Å². The fraction of sp³-hybridized carbons (Fsp3) is 0.667. The highest BCUT2D eigenvalue weighted by molar-refractivity contribution is 5.02.